The van der Waals surface area contributed by atoms with Gasteiger partial charge >= 0.3 is 5.97 Å². The van der Waals surface area contributed by atoms with Gasteiger partial charge in [-0.15, -0.1) is 11.8 Å². The lowest BCUT2D eigenvalue weighted by Crippen LogP contribution is -2.17. The van der Waals surface area contributed by atoms with Crippen LogP contribution in [0, 0.1) is 0 Å². The van der Waals surface area contributed by atoms with Crippen LogP contribution < -0.4 is 0 Å². The Morgan fingerprint density at radius 3 is 2.45 bits per heavy atom. The van der Waals surface area contributed by atoms with Gasteiger partial charge in [-0.2, -0.15) is 0 Å². The van der Waals surface area contributed by atoms with Crippen molar-refractivity contribution < 1.29 is 23.1 Å². The minimum atomic E-state index is -3.19. The molecule has 0 fully saturated rings. The van der Waals surface area contributed by atoms with E-state index in [9.17, 15) is 18.3 Å². The molecule has 1 unspecified atom stereocenters. The smallest absolute Gasteiger partial charge is 0.308 e. The highest BCUT2D eigenvalue weighted by Gasteiger charge is 2.12. The fourth-order valence-corrected chi connectivity index (χ4v) is 2.91. The number of aliphatic hydroxyl groups is 1. The SMILES string of the molecule is CCOC(=O)CC(O)CSc1ccc(S(C)(=O)=O)cc1. The van der Waals surface area contributed by atoms with Crippen molar-refractivity contribution in [1.82, 2.24) is 0 Å². The van der Waals surface area contributed by atoms with Crippen molar-refractivity contribution >= 4 is 27.6 Å². The van der Waals surface area contributed by atoms with Crippen LogP contribution in [0.15, 0.2) is 34.1 Å². The van der Waals surface area contributed by atoms with Gasteiger partial charge in [0.1, 0.15) is 0 Å². The molecule has 1 aromatic carbocycles. The summed E-state index contributed by atoms with van der Waals surface area (Å²) in [5.74, 6) is -0.0788. The molecule has 1 N–H and O–H groups in total. The Balaban J connectivity index is 2.48. The summed E-state index contributed by atoms with van der Waals surface area (Å²) in [6.07, 6.45) is 0.328. The van der Waals surface area contributed by atoms with Gasteiger partial charge in [0.25, 0.3) is 0 Å². The van der Waals surface area contributed by atoms with Crippen LogP contribution in [0.3, 0.4) is 0 Å². The highest BCUT2D eigenvalue weighted by atomic mass is 32.2. The Hall–Kier alpha value is -1.05. The maximum Gasteiger partial charge on any atom is 0.308 e. The van der Waals surface area contributed by atoms with Crippen molar-refractivity contribution in [3.05, 3.63) is 24.3 Å². The molecule has 0 spiro atoms. The molecule has 5 nitrogen and oxygen atoms in total. The quantitative estimate of drug-likeness (QED) is 0.606. The Bertz CT molecular complexity index is 536. The van der Waals surface area contributed by atoms with Crippen LogP contribution in [0.25, 0.3) is 0 Å². The number of thioether (sulfide) groups is 1. The van der Waals surface area contributed by atoms with Crippen molar-refractivity contribution in [3.8, 4) is 0 Å². The van der Waals surface area contributed by atoms with Crippen LogP contribution in [0.1, 0.15) is 13.3 Å². The summed E-state index contributed by atoms with van der Waals surface area (Å²) in [5, 5.41) is 9.67. The first-order chi connectivity index (χ1) is 9.32. The van der Waals surface area contributed by atoms with Gasteiger partial charge < -0.3 is 9.84 Å². The first-order valence-corrected chi connectivity index (χ1v) is 8.97. The number of carbonyl (C=O) groups excluding carboxylic acids is 1. The third-order valence-electron chi connectivity index (χ3n) is 2.40. The number of hydrogen-bond donors (Lipinski definition) is 1. The highest BCUT2D eigenvalue weighted by Crippen LogP contribution is 2.21. The van der Waals surface area contributed by atoms with Crippen LogP contribution in [0.5, 0.6) is 0 Å². The van der Waals surface area contributed by atoms with Crippen LogP contribution in [0.2, 0.25) is 0 Å². The zero-order valence-electron chi connectivity index (χ0n) is 11.4. The average Bonchev–Trinajstić information content (AvgIpc) is 2.36. The molecule has 20 heavy (non-hydrogen) atoms. The van der Waals surface area contributed by atoms with Crippen LogP contribution in [-0.4, -0.2) is 44.2 Å². The summed E-state index contributed by atoms with van der Waals surface area (Å²) in [5.41, 5.74) is 0. The van der Waals surface area contributed by atoms with E-state index in [1.165, 1.54) is 23.9 Å². The van der Waals surface area contributed by atoms with Crippen molar-refractivity contribution in [2.45, 2.75) is 29.2 Å². The van der Waals surface area contributed by atoms with Crippen LogP contribution >= 0.6 is 11.8 Å². The van der Waals surface area contributed by atoms with Crippen LogP contribution in [-0.2, 0) is 19.4 Å². The van der Waals surface area contributed by atoms with Gasteiger partial charge in [0.15, 0.2) is 9.84 Å². The van der Waals surface area contributed by atoms with Gasteiger partial charge in [-0.1, -0.05) is 0 Å². The molecule has 0 amide bonds. The minimum absolute atomic E-state index is 0.0394. The monoisotopic (exact) mass is 318 g/mol. The molecule has 7 heteroatoms. The van der Waals surface area contributed by atoms with Gasteiger partial charge in [-0.3, -0.25) is 4.79 Å². The molecule has 0 saturated heterocycles. The first-order valence-electron chi connectivity index (χ1n) is 6.09. The van der Waals surface area contributed by atoms with E-state index in [4.69, 9.17) is 4.74 Å². The maximum atomic E-state index is 11.3. The molecule has 0 bridgehead atoms. The molecule has 0 aliphatic heterocycles. The van der Waals surface area contributed by atoms with E-state index in [-0.39, 0.29) is 11.3 Å². The van der Waals surface area contributed by atoms with Crippen molar-refractivity contribution in [3.63, 3.8) is 0 Å². The number of sulfone groups is 1. The average molecular weight is 318 g/mol. The number of hydrogen-bond acceptors (Lipinski definition) is 6. The molecule has 0 heterocycles. The minimum Gasteiger partial charge on any atom is -0.466 e. The van der Waals surface area contributed by atoms with E-state index in [2.05, 4.69) is 0 Å². The second kappa shape index (κ2) is 7.66. The number of rotatable bonds is 7. The summed E-state index contributed by atoms with van der Waals surface area (Å²) in [6, 6.07) is 6.40. The summed E-state index contributed by atoms with van der Waals surface area (Å²) in [7, 11) is -3.19. The van der Waals surface area contributed by atoms with E-state index in [1.807, 2.05) is 0 Å². The number of ether oxygens (including phenoxy) is 1. The largest absolute Gasteiger partial charge is 0.466 e. The first kappa shape index (κ1) is 17.0. The number of aliphatic hydroxyl groups excluding tert-OH is 1. The van der Waals surface area contributed by atoms with E-state index >= 15 is 0 Å². The zero-order valence-corrected chi connectivity index (χ0v) is 13.0. The summed E-state index contributed by atoms with van der Waals surface area (Å²) >= 11 is 1.36. The molecule has 1 rings (SSSR count). The number of carbonyl (C=O) groups is 1. The van der Waals surface area contributed by atoms with Crippen molar-refractivity contribution in [1.29, 1.82) is 0 Å². The molecule has 0 radical (unpaired) electrons. The lowest BCUT2D eigenvalue weighted by Gasteiger charge is -2.09. The third kappa shape index (κ3) is 5.94. The molecule has 0 aliphatic rings. The Kier molecular flexibility index (Phi) is 6.51. The standard InChI is InChI=1S/C13H18O5S2/c1-3-18-13(15)8-10(14)9-19-11-4-6-12(7-5-11)20(2,16)17/h4-7,10,14H,3,8-9H2,1-2H3. The van der Waals surface area contributed by atoms with Gasteiger partial charge in [-0.05, 0) is 31.2 Å². The van der Waals surface area contributed by atoms with E-state index < -0.39 is 21.9 Å². The molecule has 0 aliphatic carbocycles. The molecule has 1 atom stereocenters. The lowest BCUT2D eigenvalue weighted by atomic mass is 10.3. The second-order valence-electron chi connectivity index (χ2n) is 4.22. The summed E-state index contributed by atoms with van der Waals surface area (Å²) in [4.78, 5) is 12.3. The van der Waals surface area contributed by atoms with Crippen LogP contribution in [0.4, 0.5) is 0 Å². The predicted octanol–water partition coefficient (Wildman–Crippen LogP) is 1.50. The number of benzene rings is 1. The number of esters is 1. The second-order valence-corrected chi connectivity index (χ2v) is 7.33. The Morgan fingerprint density at radius 1 is 1.35 bits per heavy atom. The molecule has 112 valence electrons. The summed E-state index contributed by atoms with van der Waals surface area (Å²) < 4.78 is 27.3. The molecular weight excluding hydrogens is 300 g/mol. The Morgan fingerprint density at radius 2 is 1.95 bits per heavy atom. The lowest BCUT2D eigenvalue weighted by molar-refractivity contribution is -0.144. The van der Waals surface area contributed by atoms with E-state index in [0.717, 1.165) is 11.2 Å². The van der Waals surface area contributed by atoms with Crippen molar-refractivity contribution in [2.24, 2.45) is 0 Å². The zero-order chi connectivity index (χ0) is 15.2. The molecule has 1 aromatic rings. The third-order valence-corrected chi connectivity index (χ3v) is 4.69. The molecular formula is C13H18O5S2. The van der Waals surface area contributed by atoms with E-state index in [0.29, 0.717) is 12.4 Å². The van der Waals surface area contributed by atoms with Gasteiger partial charge in [-0.25, -0.2) is 8.42 Å². The fourth-order valence-electron chi connectivity index (χ4n) is 1.45. The highest BCUT2D eigenvalue weighted by molar-refractivity contribution is 7.99. The van der Waals surface area contributed by atoms with E-state index in [1.54, 1.807) is 19.1 Å². The summed E-state index contributed by atoms with van der Waals surface area (Å²) in [6.45, 7) is 2.01. The predicted molar refractivity (Wildman–Crippen MR) is 77.5 cm³/mol. The van der Waals surface area contributed by atoms with Gasteiger partial charge in [0, 0.05) is 16.9 Å². The maximum absolute atomic E-state index is 11.3. The molecule has 0 aromatic heterocycles. The topological polar surface area (TPSA) is 80.7 Å². The van der Waals surface area contributed by atoms with Gasteiger partial charge in [0.2, 0.25) is 0 Å². The molecule has 0 saturated carbocycles. The van der Waals surface area contributed by atoms with Crippen molar-refractivity contribution in [2.75, 3.05) is 18.6 Å². The Labute approximate surface area is 123 Å². The fraction of sp³-hybridized carbons (Fsp3) is 0.462. The van der Waals surface area contributed by atoms with Gasteiger partial charge in [0.05, 0.1) is 24.0 Å². The normalized spacial score (nSPS) is 12.9.